The fourth-order valence-electron chi connectivity index (χ4n) is 3.43. The number of morpholine rings is 1. The molecule has 2 aliphatic rings. The molecular weight excluding hydrogens is 371 g/mol. The minimum atomic E-state index is -3.72. The van der Waals surface area contributed by atoms with Crippen LogP contribution in [0.25, 0.3) is 0 Å². The van der Waals surface area contributed by atoms with Gasteiger partial charge in [0.05, 0.1) is 30.3 Å². The van der Waals surface area contributed by atoms with Gasteiger partial charge < -0.3 is 9.64 Å². The first kappa shape index (κ1) is 18.3. The Morgan fingerprint density at radius 3 is 2.70 bits per heavy atom. The molecule has 1 saturated heterocycles. The number of nitrogens with zero attached hydrogens (tertiary/aromatic N) is 4. The number of benzene rings is 1. The van der Waals surface area contributed by atoms with Crippen LogP contribution in [0.2, 0.25) is 0 Å². The summed E-state index contributed by atoms with van der Waals surface area (Å²) in [6.45, 7) is 4.84. The zero-order valence-corrected chi connectivity index (χ0v) is 15.9. The third-order valence-corrected chi connectivity index (χ3v) is 6.95. The predicted molar refractivity (Wildman–Crippen MR) is 97.5 cm³/mol. The first-order chi connectivity index (χ1) is 12.9. The Balaban J connectivity index is 1.61. The Labute approximate surface area is 157 Å². The van der Waals surface area contributed by atoms with Gasteiger partial charge in [0.25, 0.3) is 0 Å². The first-order valence-corrected chi connectivity index (χ1v) is 10.3. The summed E-state index contributed by atoms with van der Waals surface area (Å²) < 4.78 is 46.2. The summed E-state index contributed by atoms with van der Waals surface area (Å²) in [4.78, 5) is 11.2. The van der Waals surface area contributed by atoms with E-state index in [1.54, 1.807) is 13.1 Å². The molecule has 0 saturated carbocycles. The van der Waals surface area contributed by atoms with Gasteiger partial charge >= 0.3 is 0 Å². The van der Waals surface area contributed by atoms with Crippen molar-refractivity contribution >= 4 is 16.0 Å². The summed E-state index contributed by atoms with van der Waals surface area (Å²) in [5.74, 6) is 0.160. The lowest BCUT2D eigenvalue weighted by molar-refractivity contribution is 0.122. The molecule has 2 aromatic rings. The molecule has 0 N–H and O–H groups in total. The largest absolute Gasteiger partial charge is 0.378 e. The number of hydrogen-bond acceptors (Lipinski definition) is 6. The Morgan fingerprint density at radius 1 is 1.19 bits per heavy atom. The van der Waals surface area contributed by atoms with Gasteiger partial charge in [0.2, 0.25) is 16.0 Å². The van der Waals surface area contributed by atoms with Crippen LogP contribution >= 0.6 is 0 Å². The van der Waals surface area contributed by atoms with Crippen LogP contribution in [0.5, 0.6) is 0 Å². The van der Waals surface area contributed by atoms with Gasteiger partial charge in [-0.05, 0) is 42.7 Å². The first-order valence-electron chi connectivity index (χ1n) is 8.89. The van der Waals surface area contributed by atoms with Crippen molar-refractivity contribution in [2.24, 2.45) is 0 Å². The lowest BCUT2D eigenvalue weighted by Gasteiger charge is -2.30. The highest BCUT2D eigenvalue weighted by Crippen LogP contribution is 2.27. The van der Waals surface area contributed by atoms with E-state index in [4.69, 9.17) is 4.74 Å². The second-order valence-corrected chi connectivity index (χ2v) is 8.65. The van der Waals surface area contributed by atoms with E-state index in [0.717, 1.165) is 24.3 Å². The van der Waals surface area contributed by atoms with Crippen LogP contribution in [0, 0.1) is 12.7 Å². The number of fused-ring (bicyclic) bond motifs is 1. The highest BCUT2D eigenvalue weighted by Gasteiger charge is 2.31. The van der Waals surface area contributed by atoms with E-state index >= 15 is 0 Å². The maximum Gasteiger partial charge on any atom is 0.243 e. The normalized spacial score (nSPS) is 18.4. The van der Waals surface area contributed by atoms with E-state index in [2.05, 4.69) is 9.97 Å². The maximum atomic E-state index is 13.4. The molecule has 2 aliphatic heterocycles. The topological polar surface area (TPSA) is 75.6 Å². The third kappa shape index (κ3) is 3.54. The fraction of sp³-hybridized carbons (Fsp3) is 0.444. The molecule has 1 aromatic carbocycles. The summed E-state index contributed by atoms with van der Waals surface area (Å²) in [6.07, 6.45) is 2.35. The van der Waals surface area contributed by atoms with Gasteiger partial charge in [-0.25, -0.2) is 22.8 Å². The van der Waals surface area contributed by atoms with Crippen LogP contribution in [0.15, 0.2) is 29.3 Å². The molecule has 4 rings (SSSR count). The Bertz CT molecular complexity index is 961. The van der Waals surface area contributed by atoms with Gasteiger partial charge in [0, 0.05) is 25.8 Å². The zero-order valence-electron chi connectivity index (χ0n) is 15.1. The summed E-state index contributed by atoms with van der Waals surface area (Å²) in [5, 5.41) is 0. The van der Waals surface area contributed by atoms with Gasteiger partial charge in [0.1, 0.15) is 5.82 Å². The number of halogens is 1. The molecule has 0 radical (unpaired) electrons. The van der Waals surface area contributed by atoms with Crippen molar-refractivity contribution in [3.63, 3.8) is 0 Å². The predicted octanol–water partition coefficient (Wildman–Crippen LogP) is 1.51. The maximum absolute atomic E-state index is 13.4. The van der Waals surface area contributed by atoms with Crippen LogP contribution in [-0.2, 0) is 27.7 Å². The molecule has 1 aromatic heterocycles. The number of aryl methyl sites for hydroxylation is 1. The van der Waals surface area contributed by atoms with E-state index in [-0.39, 0.29) is 11.4 Å². The number of sulfonamides is 1. The van der Waals surface area contributed by atoms with Crippen molar-refractivity contribution in [2.75, 3.05) is 37.7 Å². The van der Waals surface area contributed by atoms with Crippen molar-refractivity contribution in [3.05, 3.63) is 47.0 Å². The second-order valence-electron chi connectivity index (χ2n) is 6.74. The van der Waals surface area contributed by atoms with E-state index < -0.39 is 15.8 Å². The average molecular weight is 392 g/mol. The Morgan fingerprint density at radius 2 is 1.96 bits per heavy atom. The molecule has 0 bridgehead atoms. The van der Waals surface area contributed by atoms with Crippen molar-refractivity contribution < 1.29 is 17.5 Å². The van der Waals surface area contributed by atoms with Gasteiger partial charge in [-0.2, -0.15) is 4.31 Å². The SMILES string of the molecule is Cc1cc(F)ccc1S(=O)(=O)N1CCc2cnc(N3CCOCC3)nc2C1. The van der Waals surface area contributed by atoms with Gasteiger partial charge in [-0.15, -0.1) is 0 Å². The lowest BCUT2D eigenvalue weighted by atomic mass is 10.1. The average Bonchev–Trinajstić information content (AvgIpc) is 2.67. The number of aromatic nitrogens is 2. The summed E-state index contributed by atoms with van der Waals surface area (Å²) >= 11 is 0. The van der Waals surface area contributed by atoms with E-state index in [0.29, 0.717) is 37.7 Å². The quantitative estimate of drug-likeness (QED) is 0.788. The molecule has 9 heteroatoms. The molecule has 3 heterocycles. The molecule has 144 valence electrons. The van der Waals surface area contributed by atoms with E-state index in [1.807, 2.05) is 4.90 Å². The Kier molecular flexibility index (Phi) is 4.83. The smallest absolute Gasteiger partial charge is 0.243 e. The molecule has 0 aliphatic carbocycles. The minimum absolute atomic E-state index is 0.134. The number of hydrogen-bond donors (Lipinski definition) is 0. The lowest BCUT2D eigenvalue weighted by Crippen LogP contribution is -2.39. The molecule has 1 fully saturated rings. The number of ether oxygens (including phenoxy) is 1. The highest BCUT2D eigenvalue weighted by atomic mass is 32.2. The zero-order chi connectivity index (χ0) is 19.0. The molecular formula is C18H21FN4O3S. The van der Waals surface area contributed by atoms with Crippen molar-refractivity contribution in [1.29, 1.82) is 0 Å². The third-order valence-electron chi connectivity index (χ3n) is 4.95. The minimum Gasteiger partial charge on any atom is -0.378 e. The van der Waals surface area contributed by atoms with Crippen LogP contribution < -0.4 is 4.90 Å². The Hall–Kier alpha value is -2.10. The number of anilines is 1. The highest BCUT2D eigenvalue weighted by molar-refractivity contribution is 7.89. The molecule has 7 nitrogen and oxygen atoms in total. The molecule has 27 heavy (non-hydrogen) atoms. The van der Waals surface area contributed by atoms with Crippen LogP contribution in [0.1, 0.15) is 16.8 Å². The van der Waals surface area contributed by atoms with Gasteiger partial charge in [-0.1, -0.05) is 0 Å². The molecule has 0 spiro atoms. The van der Waals surface area contributed by atoms with Gasteiger partial charge in [0.15, 0.2) is 0 Å². The second kappa shape index (κ2) is 7.14. The molecule has 0 amide bonds. The standard InChI is InChI=1S/C18H21FN4O3S/c1-13-10-15(19)2-3-17(13)27(24,25)23-5-4-14-11-20-18(21-16(14)12-23)22-6-8-26-9-7-22/h2-3,10-11H,4-9,12H2,1H3. The monoisotopic (exact) mass is 392 g/mol. The summed E-state index contributed by atoms with van der Waals surface area (Å²) in [5.41, 5.74) is 2.09. The van der Waals surface area contributed by atoms with E-state index in [9.17, 15) is 12.8 Å². The van der Waals surface area contributed by atoms with E-state index in [1.165, 1.54) is 22.5 Å². The number of rotatable bonds is 3. The fourth-order valence-corrected chi connectivity index (χ4v) is 5.04. The van der Waals surface area contributed by atoms with Gasteiger partial charge in [-0.3, -0.25) is 0 Å². The summed E-state index contributed by atoms with van der Waals surface area (Å²) in [7, 11) is -3.72. The van der Waals surface area contributed by atoms with Crippen LogP contribution in [0.3, 0.4) is 0 Å². The van der Waals surface area contributed by atoms with Crippen LogP contribution in [-0.4, -0.2) is 55.5 Å². The molecule has 0 atom stereocenters. The van der Waals surface area contributed by atoms with Crippen molar-refractivity contribution in [1.82, 2.24) is 14.3 Å². The summed E-state index contributed by atoms with van der Waals surface area (Å²) in [6, 6.07) is 3.74. The van der Waals surface area contributed by atoms with Crippen LogP contribution in [0.4, 0.5) is 10.3 Å². The van der Waals surface area contributed by atoms with Crippen molar-refractivity contribution in [3.8, 4) is 0 Å². The van der Waals surface area contributed by atoms with Crippen molar-refractivity contribution in [2.45, 2.75) is 24.8 Å². The molecule has 0 unspecified atom stereocenters.